The fraction of sp³-hybridized carbons (Fsp3) is 0.846. The van der Waals surface area contributed by atoms with Gasteiger partial charge in [-0.25, -0.2) is 0 Å². The Bertz CT molecular complexity index is 328. The molecule has 1 saturated carbocycles. The molecule has 1 heterocycles. The third-order valence-electron chi connectivity index (χ3n) is 3.96. The molecule has 4 atom stereocenters. The monoisotopic (exact) mass is 271 g/mol. The summed E-state index contributed by atoms with van der Waals surface area (Å²) in [6.07, 6.45) is 3.51. The summed E-state index contributed by atoms with van der Waals surface area (Å²) in [5.41, 5.74) is 0. The summed E-state index contributed by atoms with van der Waals surface area (Å²) in [5, 5.41) is 12.2. The van der Waals surface area contributed by atoms with Gasteiger partial charge in [-0.15, -0.1) is 0 Å². The van der Waals surface area contributed by atoms with Crippen molar-refractivity contribution in [2.24, 2.45) is 17.8 Å². The van der Waals surface area contributed by atoms with Crippen LogP contribution < -0.4 is 5.32 Å². The second-order valence-corrected chi connectivity index (χ2v) is 6.70. The molecule has 1 aliphatic heterocycles. The summed E-state index contributed by atoms with van der Waals surface area (Å²) in [6.45, 7) is 2.03. The van der Waals surface area contributed by atoms with Crippen molar-refractivity contribution in [2.45, 2.75) is 38.6 Å². The highest BCUT2D eigenvalue weighted by Gasteiger charge is 2.41. The number of thioether (sulfide) groups is 1. The number of rotatable bonds is 3. The van der Waals surface area contributed by atoms with Crippen LogP contribution in [0.5, 0.6) is 0 Å². The molecule has 1 saturated heterocycles. The average molecular weight is 271 g/mol. The molecule has 0 aromatic rings. The van der Waals surface area contributed by atoms with E-state index >= 15 is 0 Å². The number of nitrogens with one attached hydrogen (secondary N) is 1. The average Bonchev–Trinajstić information content (AvgIpc) is 2.73. The Morgan fingerprint density at radius 2 is 2.00 bits per heavy atom. The van der Waals surface area contributed by atoms with Crippen LogP contribution in [0.25, 0.3) is 0 Å². The van der Waals surface area contributed by atoms with E-state index < -0.39 is 11.9 Å². The summed E-state index contributed by atoms with van der Waals surface area (Å²) < 4.78 is 0. The van der Waals surface area contributed by atoms with Crippen molar-refractivity contribution in [1.29, 1.82) is 0 Å². The molecule has 0 aromatic heterocycles. The molecule has 2 N–H and O–H groups in total. The Morgan fingerprint density at radius 1 is 1.28 bits per heavy atom. The molecule has 1 aliphatic carbocycles. The number of amides is 1. The number of hydrogen-bond acceptors (Lipinski definition) is 3. The molecule has 2 fully saturated rings. The van der Waals surface area contributed by atoms with Crippen molar-refractivity contribution < 1.29 is 14.7 Å². The second kappa shape index (κ2) is 5.95. The standard InChI is InChI=1S/C13H21NO3S/c1-8-5-10(11(6-8)13(16)17)12(15)14-9-3-2-4-18-7-9/h8-11H,2-7H2,1H3,(H,14,15)(H,16,17)/t8?,9?,10-,11+/m0/s1. The van der Waals surface area contributed by atoms with E-state index in [0.29, 0.717) is 18.8 Å². The lowest BCUT2D eigenvalue weighted by Crippen LogP contribution is -2.43. The maximum absolute atomic E-state index is 12.2. The number of aliphatic carboxylic acids is 1. The van der Waals surface area contributed by atoms with Gasteiger partial charge in [0.15, 0.2) is 0 Å². The fourth-order valence-electron chi connectivity index (χ4n) is 3.02. The first-order chi connectivity index (χ1) is 8.58. The van der Waals surface area contributed by atoms with E-state index in [2.05, 4.69) is 5.32 Å². The van der Waals surface area contributed by atoms with Gasteiger partial charge in [-0.3, -0.25) is 9.59 Å². The Balaban J connectivity index is 1.92. The largest absolute Gasteiger partial charge is 0.481 e. The molecule has 1 amide bonds. The highest BCUT2D eigenvalue weighted by atomic mass is 32.2. The molecule has 2 unspecified atom stereocenters. The SMILES string of the molecule is CC1C[C@H](C(=O)NC2CCCSC2)[C@H](C(=O)O)C1. The summed E-state index contributed by atoms with van der Waals surface area (Å²) in [7, 11) is 0. The molecular formula is C13H21NO3S. The first-order valence-electron chi connectivity index (χ1n) is 6.69. The number of carbonyl (C=O) groups excluding carboxylic acids is 1. The molecule has 0 aromatic carbocycles. The Hall–Kier alpha value is -0.710. The molecule has 2 aliphatic rings. The minimum absolute atomic E-state index is 0.0424. The van der Waals surface area contributed by atoms with E-state index in [0.717, 1.165) is 18.6 Å². The maximum atomic E-state index is 12.2. The summed E-state index contributed by atoms with van der Waals surface area (Å²) >= 11 is 1.86. The van der Waals surface area contributed by atoms with Crippen molar-refractivity contribution >= 4 is 23.6 Å². The third-order valence-corrected chi connectivity index (χ3v) is 5.17. The van der Waals surface area contributed by atoms with Crippen molar-refractivity contribution in [2.75, 3.05) is 11.5 Å². The van der Waals surface area contributed by atoms with E-state index in [1.165, 1.54) is 5.75 Å². The predicted molar refractivity (Wildman–Crippen MR) is 71.5 cm³/mol. The summed E-state index contributed by atoms with van der Waals surface area (Å²) in [4.78, 5) is 23.4. The third kappa shape index (κ3) is 3.19. The molecule has 4 nitrogen and oxygen atoms in total. The molecule has 5 heteroatoms. The van der Waals surface area contributed by atoms with Gasteiger partial charge in [0.2, 0.25) is 5.91 Å². The van der Waals surface area contributed by atoms with Crippen molar-refractivity contribution in [1.82, 2.24) is 5.32 Å². The quantitative estimate of drug-likeness (QED) is 0.820. The zero-order valence-corrected chi connectivity index (χ0v) is 11.5. The smallest absolute Gasteiger partial charge is 0.307 e. The van der Waals surface area contributed by atoms with Gasteiger partial charge in [-0.05, 0) is 37.4 Å². The molecule has 2 rings (SSSR count). The predicted octanol–water partition coefficient (Wildman–Crippen LogP) is 1.75. The normalized spacial score (nSPS) is 36.3. The van der Waals surface area contributed by atoms with Gasteiger partial charge in [0.05, 0.1) is 11.8 Å². The lowest BCUT2D eigenvalue weighted by atomic mass is 9.95. The van der Waals surface area contributed by atoms with E-state index in [4.69, 9.17) is 0 Å². The number of carboxylic acids is 1. The van der Waals surface area contributed by atoms with E-state index in [1.54, 1.807) is 0 Å². The highest BCUT2D eigenvalue weighted by Crippen LogP contribution is 2.36. The van der Waals surface area contributed by atoms with Gasteiger partial charge in [-0.2, -0.15) is 11.8 Å². The first kappa shape index (κ1) is 13.7. The van der Waals surface area contributed by atoms with Crippen LogP contribution in [0.3, 0.4) is 0 Å². The minimum Gasteiger partial charge on any atom is -0.481 e. The summed E-state index contributed by atoms with van der Waals surface area (Å²) in [6, 6.07) is 0.238. The first-order valence-corrected chi connectivity index (χ1v) is 7.84. The van der Waals surface area contributed by atoms with Crippen molar-refractivity contribution in [3.8, 4) is 0 Å². The van der Waals surface area contributed by atoms with E-state index in [-0.39, 0.29) is 17.9 Å². The Kier molecular flexibility index (Phi) is 4.54. The highest BCUT2D eigenvalue weighted by molar-refractivity contribution is 7.99. The van der Waals surface area contributed by atoms with Crippen molar-refractivity contribution in [3.63, 3.8) is 0 Å². The molecule has 0 radical (unpaired) electrons. The van der Waals surface area contributed by atoms with Gasteiger partial charge < -0.3 is 10.4 Å². The van der Waals surface area contributed by atoms with E-state index in [1.807, 2.05) is 18.7 Å². The Labute approximate surface area is 112 Å². The van der Waals surface area contributed by atoms with Crippen LogP contribution in [0.4, 0.5) is 0 Å². The summed E-state index contributed by atoms with van der Waals surface area (Å²) in [5.74, 6) is 0.788. The Morgan fingerprint density at radius 3 is 2.61 bits per heavy atom. The van der Waals surface area contributed by atoms with Crippen LogP contribution in [0, 0.1) is 17.8 Å². The zero-order valence-electron chi connectivity index (χ0n) is 10.7. The van der Waals surface area contributed by atoms with Crippen LogP contribution in [0.15, 0.2) is 0 Å². The van der Waals surface area contributed by atoms with Gasteiger partial charge in [0, 0.05) is 11.8 Å². The minimum atomic E-state index is -0.822. The van der Waals surface area contributed by atoms with Crippen LogP contribution in [-0.4, -0.2) is 34.5 Å². The molecule has 102 valence electrons. The number of hydrogen-bond donors (Lipinski definition) is 2. The zero-order chi connectivity index (χ0) is 13.1. The second-order valence-electron chi connectivity index (χ2n) is 5.55. The fourth-order valence-corrected chi connectivity index (χ4v) is 4.09. The molecule has 0 spiro atoms. The number of carbonyl (C=O) groups is 2. The lowest BCUT2D eigenvalue weighted by Gasteiger charge is -2.25. The topological polar surface area (TPSA) is 66.4 Å². The van der Waals surface area contributed by atoms with Crippen LogP contribution in [0.2, 0.25) is 0 Å². The van der Waals surface area contributed by atoms with Gasteiger partial charge in [0.25, 0.3) is 0 Å². The maximum Gasteiger partial charge on any atom is 0.307 e. The molecular weight excluding hydrogens is 250 g/mol. The lowest BCUT2D eigenvalue weighted by molar-refractivity contribution is -0.146. The van der Waals surface area contributed by atoms with Gasteiger partial charge >= 0.3 is 5.97 Å². The van der Waals surface area contributed by atoms with Crippen LogP contribution in [-0.2, 0) is 9.59 Å². The van der Waals surface area contributed by atoms with Gasteiger partial charge in [0.1, 0.15) is 0 Å². The molecule has 18 heavy (non-hydrogen) atoms. The molecule has 0 bridgehead atoms. The van der Waals surface area contributed by atoms with Crippen LogP contribution in [0.1, 0.15) is 32.6 Å². The number of carboxylic acid groups (broad SMARTS) is 1. The van der Waals surface area contributed by atoms with Gasteiger partial charge in [-0.1, -0.05) is 6.92 Å². The van der Waals surface area contributed by atoms with E-state index in [9.17, 15) is 14.7 Å². The van der Waals surface area contributed by atoms with Crippen molar-refractivity contribution in [3.05, 3.63) is 0 Å². The van der Waals surface area contributed by atoms with Crippen LogP contribution >= 0.6 is 11.8 Å².